The lowest BCUT2D eigenvalue weighted by Gasteiger charge is -2.53. The third-order valence-corrected chi connectivity index (χ3v) is 6.01. The Labute approximate surface area is 119 Å². The van der Waals surface area contributed by atoms with Crippen LogP contribution in [0.2, 0.25) is 0 Å². The van der Waals surface area contributed by atoms with Crippen molar-refractivity contribution in [3.63, 3.8) is 0 Å². The molecule has 0 amide bonds. The van der Waals surface area contributed by atoms with Crippen LogP contribution < -0.4 is 0 Å². The van der Waals surface area contributed by atoms with E-state index in [4.69, 9.17) is 4.74 Å². The van der Waals surface area contributed by atoms with Crippen LogP contribution >= 0.6 is 0 Å². The minimum absolute atomic E-state index is 0.428. The normalized spacial score (nSPS) is 34.7. The molecule has 112 valence electrons. The third kappa shape index (κ3) is 3.00. The molecule has 0 aromatic rings. The first-order valence-corrected chi connectivity index (χ1v) is 8.18. The average molecular weight is 267 g/mol. The summed E-state index contributed by atoms with van der Waals surface area (Å²) in [7, 11) is 0. The molecular weight excluding hydrogens is 234 g/mol. The second-order valence-electron chi connectivity index (χ2n) is 7.94. The predicted octanol–water partition coefficient (Wildman–Crippen LogP) is 3.95. The average Bonchev–Trinajstić information content (AvgIpc) is 2.38. The second kappa shape index (κ2) is 5.73. The summed E-state index contributed by atoms with van der Waals surface area (Å²) in [6.07, 6.45) is 5.57. The summed E-state index contributed by atoms with van der Waals surface area (Å²) in [5.41, 5.74) is 0.965. The fourth-order valence-corrected chi connectivity index (χ4v) is 4.62. The molecule has 0 aromatic carbocycles. The first-order chi connectivity index (χ1) is 8.87. The third-order valence-electron chi connectivity index (χ3n) is 6.01. The van der Waals surface area contributed by atoms with Gasteiger partial charge in [0.1, 0.15) is 0 Å². The molecule has 19 heavy (non-hydrogen) atoms. The topological polar surface area (TPSA) is 12.5 Å². The molecule has 0 unspecified atom stereocenters. The molecule has 2 rings (SSSR count). The lowest BCUT2D eigenvalue weighted by atomic mass is 9.54. The summed E-state index contributed by atoms with van der Waals surface area (Å²) in [6, 6.07) is 0.818. The van der Waals surface area contributed by atoms with E-state index in [-0.39, 0.29) is 0 Å². The molecule has 2 heteroatoms. The molecule has 1 aliphatic heterocycles. The van der Waals surface area contributed by atoms with Crippen LogP contribution in [0, 0.1) is 16.7 Å². The molecule has 0 atom stereocenters. The van der Waals surface area contributed by atoms with Crippen LogP contribution in [0.25, 0.3) is 0 Å². The van der Waals surface area contributed by atoms with Crippen molar-refractivity contribution < 1.29 is 4.74 Å². The van der Waals surface area contributed by atoms with Gasteiger partial charge in [-0.05, 0) is 42.4 Å². The molecule has 2 fully saturated rings. The number of rotatable bonds is 2. The van der Waals surface area contributed by atoms with Crippen LogP contribution in [0.3, 0.4) is 0 Å². The van der Waals surface area contributed by atoms with Gasteiger partial charge in [0.05, 0.1) is 13.2 Å². The molecule has 2 aliphatic rings. The Hall–Kier alpha value is -0.0800. The molecule has 1 heterocycles. The van der Waals surface area contributed by atoms with E-state index in [0.717, 1.165) is 38.3 Å². The van der Waals surface area contributed by atoms with E-state index < -0.39 is 0 Å². The van der Waals surface area contributed by atoms with Crippen molar-refractivity contribution in [3.05, 3.63) is 0 Å². The standard InChI is InChI=1S/C17H33NO/c1-14(2)17(16(3,4)5)8-6-15(7-9-17)18-10-12-19-13-11-18/h14-15H,6-13H2,1-5H3. The molecule has 0 spiro atoms. The van der Waals surface area contributed by atoms with E-state index >= 15 is 0 Å². The maximum Gasteiger partial charge on any atom is 0.0594 e. The Morgan fingerprint density at radius 2 is 1.58 bits per heavy atom. The molecule has 2 nitrogen and oxygen atoms in total. The van der Waals surface area contributed by atoms with Gasteiger partial charge in [-0.3, -0.25) is 4.90 Å². The largest absolute Gasteiger partial charge is 0.379 e. The van der Waals surface area contributed by atoms with Crippen LogP contribution in [-0.2, 0) is 4.74 Å². The Balaban J connectivity index is 1.99. The highest BCUT2D eigenvalue weighted by atomic mass is 16.5. The highest BCUT2D eigenvalue weighted by molar-refractivity contribution is 4.97. The zero-order chi connectivity index (χ0) is 14.1. The minimum Gasteiger partial charge on any atom is -0.379 e. The number of hydrogen-bond donors (Lipinski definition) is 0. The van der Waals surface area contributed by atoms with Gasteiger partial charge in [-0.1, -0.05) is 34.6 Å². The second-order valence-corrected chi connectivity index (χ2v) is 7.94. The Morgan fingerprint density at radius 1 is 1.05 bits per heavy atom. The number of morpholine rings is 1. The first kappa shape index (κ1) is 15.3. The maximum atomic E-state index is 5.48. The van der Waals surface area contributed by atoms with E-state index in [1.165, 1.54) is 25.7 Å². The van der Waals surface area contributed by atoms with Crippen molar-refractivity contribution >= 4 is 0 Å². The van der Waals surface area contributed by atoms with Gasteiger partial charge in [-0.2, -0.15) is 0 Å². The number of nitrogens with zero attached hydrogens (tertiary/aromatic N) is 1. The summed E-state index contributed by atoms with van der Waals surface area (Å²) in [4.78, 5) is 2.68. The van der Waals surface area contributed by atoms with Crippen LogP contribution in [0.15, 0.2) is 0 Å². The smallest absolute Gasteiger partial charge is 0.0594 e. The molecule has 0 N–H and O–H groups in total. The van der Waals surface area contributed by atoms with Crippen LogP contribution in [0.4, 0.5) is 0 Å². The Morgan fingerprint density at radius 3 is 2.00 bits per heavy atom. The minimum atomic E-state index is 0.428. The van der Waals surface area contributed by atoms with Crippen molar-refractivity contribution in [2.75, 3.05) is 26.3 Å². The fourth-order valence-electron chi connectivity index (χ4n) is 4.62. The van der Waals surface area contributed by atoms with Crippen LogP contribution in [0.5, 0.6) is 0 Å². The van der Waals surface area contributed by atoms with E-state index in [2.05, 4.69) is 39.5 Å². The van der Waals surface area contributed by atoms with Gasteiger partial charge in [0.25, 0.3) is 0 Å². The van der Waals surface area contributed by atoms with Gasteiger partial charge in [0.15, 0.2) is 0 Å². The van der Waals surface area contributed by atoms with Gasteiger partial charge in [-0.15, -0.1) is 0 Å². The van der Waals surface area contributed by atoms with Gasteiger partial charge >= 0.3 is 0 Å². The zero-order valence-corrected chi connectivity index (χ0v) is 13.7. The summed E-state index contributed by atoms with van der Waals surface area (Å²) in [5, 5.41) is 0. The Bertz CT molecular complexity index is 278. The summed E-state index contributed by atoms with van der Waals surface area (Å²) >= 11 is 0. The molecule has 0 radical (unpaired) electrons. The summed E-state index contributed by atoms with van der Waals surface area (Å²) in [6.45, 7) is 16.4. The number of hydrogen-bond acceptors (Lipinski definition) is 2. The van der Waals surface area contributed by atoms with Crippen molar-refractivity contribution in [1.29, 1.82) is 0 Å². The van der Waals surface area contributed by atoms with Gasteiger partial charge in [0, 0.05) is 19.1 Å². The molecular formula is C17H33NO. The fraction of sp³-hybridized carbons (Fsp3) is 1.00. The van der Waals surface area contributed by atoms with Crippen molar-refractivity contribution in [2.24, 2.45) is 16.7 Å². The summed E-state index contributed by atoms with van der Waals surface area (Å²) < 4.78 is 5.48. The quantitative estimate of drug-likeness (QED) is 0.751. The van der Waals surface area contributed by atoms with Crippen LogP contribution in [0.1, 0.15) is 60.3 Å². The monoisotopic (exact) mass is 267 g/mol. The maximum absolute atomic E-state index is 5.48. The van der Waals surface area contributed by atoms with Gasteiger partial charge in [-0.25, -0.2) is 0 Å². The lowest BCUT2D eigenvalue weighted by Crippen LogP contribution is -2.50. The zero-order valence-electron chi connectivity index (χ0n) is 13.7. The van der Waals surface area contributed by atoms with E-state index in [1.54, 1.807) is 0 Å². The van der Waals surface area contributed by atoms with E-state index in [1.807, 2.05) is 0 Å². The van der Waals surface area contributed by atoms with Crippen molar-refractivity contribution in [1.82, 2.24) is 4.90 Å². The van der Waals surface area contributed by atoms with Gasteiger partial charge < -0.3 is 4.74 Å². The van der Waals surface area contributed by atoms with E-state index in [0.29, 0.717) is 10.8 Å². The molecule has 1 aliphatic carbocycles. The van der Waals surface area contributed by atoms with E-state index in [9.17, 15) is 0 Å². The van der Waals surface area contributed by atoms with Crippen molar-refractivity contribution in [3.8, 4) is 0 Å². The first-order valence-electron chi connectivity index (χ1n) is 8.18. The Kier molecular flexibility index (Phi) is 4.62. The predicted molar refractivity (Wildman–Crippen MR) is 81.4 cm³/mol. The van der Waals surface area contributed by atoms with Gasteiger partial charge in [0.2, 0.25) is 0 Å². The SMILES string of the molecule is CC(C)C1(C(C)(C)C)CCC(N2CCOCC2)CC1. The lowest BCUT2D eigenvalue weighted by molar-refractivity contribution is -0.0506. The summed E-state index contributed by atoms with van der Waals surface area (Å²) in [5.74, 6) is 0.790. The molecule has 1 saturated carbocycles. The highest BCUT2D eigenvalue weighted by Gasteiger charge is 2.46. The van der Waals surface area contributed by atoms with Crippen LogP contribution in [-0.4, -0.2) is 37.2 Å². The molecule has 0 aromatic heterocycles. The molecule has 1 saturated heterocycles. The molecule has 0 bridgehead atoms. The highest BCUT2D eigenvalue weighted by Crippen LogP contribution is 2.54. The number of ether oxygens (including phenoxy) is 1. The van der Waals surface area contributed by atoms with Crippen molar-refractivity contribution in [2.45, 2.75) is 66.3 Å².